The second kappa shape index (κ2) is 6.55. The average molecular weight is 288 g/mol. The molecule has 21 heavy (non-hydrogen) atoms. The summed E-state index contributed by atoms with van der Waals surface area (Å²) in [5.74, 6) is 0.196. The first-order valence-corrected chi connectivity index (χ1v) is 7.16. The lowest BCUT2D eigenvalue weighted by Crippen LogP contribution is -2.40. The van der Waals surface area contributed by atoms with Gasteiger partial charge in [0.05, 0.1) is 23.4 Å². The number of aryl methyl sites for hydroxylation is 1. The van der Waals surface area contributed by atoms with Crippen molar-refractivity contribution in [2.24, 2.45) is 5.73 Å². The van der Waals surface area contributed by atoms with Crippen molar-refractivity contribution >= 4 is 11.8 Å². The van der Waals surface area contributed by atoms with Gasteiger partial charge in [0.15, 0.2) is 0 Å². The number of ether oxygens (including phenoxy) is 1. The number of nitrogens with two attached hydrogens (primary N) is 1. The van der Waals surface area contributed by atoms with Crippen LogP contribution in [0.2, 0.25) is 0 Å². The first-order valence-electron chi connectivity index (χ1n) is 7.16. The van der Waals surface area contributed by atoms with Crippen molar-refractivity contribution in [3.8, 4) is 6.07 Å². The molecule has 0 radical (unpaired) electrons. The van der Waals surface area contributed by atoms with E-state index < -0.39 is 5.97 Å². The van der Waals surface area contributed by atoms with Crippen molar-refractivity contribution in [2.75, 3.05) is 24.6 Å². The van der Waals surface area contributed by atoms with Crippen LogP contribution in [0.5, 0.6) is 0 Å². The van der Waals surface area contributed by atoms with E-state index in [1.54, 1.807) is 19.9 Å². The van der Waals surface area contributed by atoms with E-state index in [4.69, 9.17) is 10.5 Å². The maximum atomic E-state index is 11.9. The van der Waals surface area contributed by atoms with Crippen LogP contribution >= 0.6 is 0 Å². The molecule has 1 aromatic rings. The molecule has 0 unspecified atom stereocenters. The molecule has 1 aliphatic heterocycles. The molecule has 6 heteroatoms. The van der Waals surface area contributed by atoms with Crippen LogP contribution in [0.3, 0.4) is 0 Å². The van der Waals surface area contributed by atoms with Crippen LogP contribution in [0.25, 0.3) is 0 Å². The molecular formula is C15H20N4O2. The van der Waals surface area contributed by atoms with Gasteiger partial charge in [0.25, 0.3) is 0 Å². The highest BCUT2D eigenvalue weighted by atomic mass is 16.5. The number of anilines is 1. The smallest absolute Gasteiger partial charge is 0.340 e. The second-order valence-electron chi connectivity index (χ2n) is 5.15. The monoisotopic (exact) mass is 288 g/mol. The number of rotatable bonds is 3. The topological polar surface area (TPSA) is 92.2 Å². The highest BCUT2D eigenvalue weighted by molar-refractivity contribution is 5.91. The Balaban J connectivity index is 2.33. The van der Waals surface area contributed by atoms with Gasteiger partial charge in [0.2, 0.25) is 0 Å². The molecule has 2 rings (SSSR count). The Labute approximate surface area is 124 Å². The Hall–Kier alpha value is -2.13. The lowest BCUT2D eigenvalue weighted by Gasteiger charge is -2.31. The molecule has 112 valence electrons. The Morgan fingerprint density at radius 1 is 1.57 bits per heavy atom. The van der Waals surface area contributed by atoms with Crippen LogP contribution in [0.1, 0.15) is 41.4 Å². The Kier molecular flexibility index (Phi) is 4.76. The van der Waals surface area contributed by atoms with Crippen LogP contribution in [0.15, 0.2) is 6.07 Å². The minimum atomic E-state index is -0.439. The number of piperidine rings is 1. The highest BCUT2D eigenvalue weighted by Crippen LogP contribution is 2.24. The molecule has 2 N–H and O–H groups in total. The molecule has 0 spiro atoms. The van der Waals surface area contributed by atoms with Crippen LogP contribution in [-0.4, -0.2) is 36.7 Å². The van der Waals surface area contributed by atoms with Crippen LogP contribution in [0, 0.1) is 18.3 Å². The quantitative estimate of drug-likeness (QED) is 0.844. The number of pyridine rings is 1. The van der Waals surface area contributed by atoms with E-state index in [1.807, 2.05) is 0 Å². The van der Waals surface area contributed by atoms with Gasteiger partial charge in [0, 0.05) is 19.1 Å². The van der Waals surface area contributed by atoms with Gasteiger partial charge in [-0.15, -0.1) is 0 Å². The third-order valence-corrected chi connectivity index (χ3v) is 3.65. The highest BCUT2D eigenvalue weighted by Gasteiger charge is 2.22. The molecule has 2 heterocycles. The summed E-state index contributed by atoms with van der Waals surface area (Å²) in [4.78, 5) is 18.4. The van der Waals surface area contributed by atoms with Gasteiger partial charge in [-0.3, -0.25) is 0 Å². The molecule has 0 aromatic carbocycles. The van der Waals surface area contributed by atoms with E-state index in [0.29, 0.717) is 29.2 Å². The second-order valence-corrected chi connectivity index (χ2v) is 5.15. The summed E-state index contributed by atoms with van der Waals surface area (Å²) in [7, 11) is 0. The van der Waals surface area contributed by atoms with Crippen molar-refractivity contribution in [1.82, 2.24) is 4.98 Å². The van der Waals surface area contributed by atoms with E-state index in [1.165, 1.54) is 0 Å². The van der Waals surface area contributed by atoms with E-state index >= 15 is 0 Å². The molecule has 1 aliphatic rings. The lowest BCUT2D eigenvalue weighted by molar-refractivity contribution is 0.0525. The number of aromatic nitrogens is 1. The fourth-order valence-electron chi connectivity index (χ4n) is 2.44. The molecule has 1 fully saturated rings. The maximum absolute atomic E-state index is 11.9. The third-order valence-electron chi connectivity index (χ3n) is 3.65. The van der Waals surface area contributed by atoms with E-state index in [-0.39, 0.29) is 6.04 Å². The molecular weight excluding hydrogens is 268 g/mol. The lowest BCUT2D eigenvalue weighted by atomic mass is 10.0. The number of esters is 1. The van der Waals surface area contributed by atoms with Crippen molar-refractivity contribution in [1.29, 1.82) is 5.26 Å². The van der Waals surface area contributed by atoms with Gasteiger partial charge < -0.3 is 15.4 Å². The number of carbonyl (C=O) groups excluding carboxylic acids is 1. The largest absolute Gasteiger partial charge is 0.462 e. The number of nitrogens with zero attached hydrogens (tertiary/aromatic N) is 3. The fourth-order valence-corrected chi connectivity index (χ4v) is 2.44. The number of nitriles is 1. The molecule has 1 saturated heterocycles. The molecule has 0 aliphatic carbocycles. The van der Waals surface area contributed by atoms with Crippen molar-refractivity contribution in [2.45, 2.75) is 32.7 Å². The predicted molar refractivity (Wildman–Crippen MR) is 79.1 cm³/mol. The summed E-state index contributed by atoms with van der Waals surface area (Å²) in [5, 5.41) is 9.33. The van der Waals surface area contributed by atoms with Gasteiger partial charge in [-0.1, -0.05) is 0 Å². The SMILES string of the molecule is CCOC(=O)c1cc(C#N)c(N2CCC(N)CC2)nc1C. The summed E-state index contributed by atoms with van der Waals surface area (Å²) in [6.45, 7) is 5.36. The summed E-state index contributed by atoms with van der Waals surface area (Å²) < 4.78 is 4.99. The first-order chi connectivity index (χ1) is 10.1. The van der Waals surface area contributed by atoms with Crippen LogP contribution < -0.4 is 10.6 Å². The third kappa shape index (κ3) is 3.31. The van der Waals surface area contributed by atoms with Crippen molar-refractivity contribution < 1.29 is 9.53 Å². The normalized spacial score (nSPS) is 15.6. The molecule has 6 nitrogen and oxygen atoms in total. The zero-order valence-electron chi connectivity index (χ0n) is 12.4. The molecule has 0 atom stereocenters. The standard InChI is InChI=1S/C15H20N4O2/c1-3-21-15(20)13-8-11(9-16)14(18-10(13)2)19-6-4-12(17)5-7-19/h8,12H,3-7,17H2,1-2H3. The summed E-state index contributed by atoms with van der Waals surface area (Å²) in [6, 6.07) is 3.91. The first kappa shape index (κ1) is 15.3. The van der Waals surface area contributed by atoms with E-state index in [0.717, 1.165) is 25.9 Å². The van der Waals surface area contributed by atoms with Gasteiger partial charge >= 0.3 is 5.97 Å². The molecule has 1 aromatic heterocycles. The van der Waals surface area contributed by atoms with Crippen LogP contribution in [0.4, 0.5) is 5.82 Å². The van der Waals surface area contributed by atoms with Crippen LogP contribution in [-0.2, 0) is 4.74 Å². The number of carbonyl (C=O) groups is 1. The molecule has 0 amide bonds. The number of hydrogen-bond donors (Lipinski definition) is 1. The molecule has 0 saturated carbocycles. The molecule has 0 bridgehead atoms. The Bertz CT molecular complexity index is 572. The summed E-state index contributed by atoms with van der Waals surface area (Å²) >= 11 is 0. The Morgan fingerprint density at radius 2 is 2.24 bits per heavy atom. The summed E-state index contributed by atoms with van der Waals surface area (Å²) in [6.07, 6.45) is 1.76. The van der Waals surface area contributed by atoms with Gasteiger partial charge in [0.1, 0.15) is 11.9 Å². The summed E-state index contributed by atoms with van der Waals surface area (Å²) in [5.41, 5.74) is 7.23. The minimum Gasteiger partial charge on any atom is -0.462 e. The van der Waals surface area contributed by atoms with Gasteiger partial charge in [-0.25, -0.2) is 9.78 Å². The fraction of sp³-hybridized carbons (Fsp3) is 0.533. The maximum Gasteiger partial charge on any atom is 0.340 e. The van der Waals surface area contributed by atoms with Crippen molar-refractivity contribution in [3.05, 3.63) is 22.9 Å². The minimum absolute atomic E-state index is 0.215. The Morgan fingerprint density at radius 3 is 2.81 bits per heavy atom. The predicted octanol–water partition coefficient (Wildman–Crippen LogP) is 1.37. The van der Waals surface area contributed by atoms with Gasteiger partial charge in [-0.2, -0.15) is 5.26 Å². The zero-order valence-corrected chi connectivity index (χ0v) is 12.4. The zero-order chi connectivity index (χ0) is 15.4. The number of hydrogen-bond acceptors (Lipinski definition) is 6. The van der Waals surface area contributed by atoms with Gasteiger partial charge in [-0.05, 0) is 32.8 Å². The average Bonchev–Trinajstić information content (AvgIpc) is 2.48. The van der Waals surface area contributed by atoms with E-state index in [2.05, 4.69) is 16.0 Å². The van der Waals surface area contributed by atoms with E-state index in [9.17, 15) is 10.1 Å². The van der Waals surface area contributed by atoms with Crippen molar-refractivity contribution in [3.63, 3.8) is 0 Å².